The second kappa shape index (κ2) is 5.42. The van der Waals surface area contributed by atoms with Gasteiger partial charge in [-0.2, -0.15) is 5.10 Å². The summed E-state index contributed by atoms with van der Waals surface area (Å²) in [5.41, 5.74) is 1.29. The van der Waals surface area contributed by atoms with Crippen molar-refractivity contribution < 1.29 is 0 Å². The van der Waals surface area contributed by atoms with Crippen molar-refractivity contribution in [3.63, 3.8) is 0 Å². The van der Waals surface area contributed by atoms with E-state index in [2.05, 4.69) is 10.4 Å². The third-order valence-corrected chi connectivity index (χ3v) is 3.08. The number of halogens is 2. The average Bonchev–Trinajstić information content (AvgIpc) is 2.34. The summed E-state index contributed by atoms with van der Waals surface area (Å²) in [6.07, 6.45) is 1.59. The molecular formula is C12H11Cl2N3O. The second-order valence-electron chi connectivity index (χ2n) is 3.73. The number of hydrogen-bond acceptors (Lipinski definition) is 3. The van der Waals surface area contributed by atoms with Crippen molar-refractivity contribution in [2.75, 3.05) is 12.4 Å². The van der Waals surface area contributed by atoms with Gasteiger partial charge in [0.25, 0.3) is 5.56 Å². The minimum atomic E-state index is -0.187. The molecule has 1 N–H and O–H groups in total. The molecule has 1 heterocycles. The highest BCUT2D eigenvalue weighted by atomic mass is 35.5. The summed E-state index contributed by atoms with van der Waals surface area (Å²) in [4.78, 5) is 11.8. The number of hydrogen-bond donors (Lipinski definition) is 1. The van der Waals surface area contributed by atoms with Crippen LogP contribution in [0.3, 0.4) is 0 Å². The number of anilines is 1. The van der Waals surface area contributed by atoms with Crippen LogP contribution in [0.5, 0.6) is 0 Å². The van der Waals surface area contributed by atoms with Crippen molar-refractivity contribution in [3.05, 3.63) is 56.4 Å². The highest BCUT2D eigenvalue weighted by molar-refractivity contribution is 6.35. The van der Waals surface area contributed by atoms with Crippen molar-refractivity contribution in [1.82, 2.24) is 9.78 Å². The number of aromatic nitrogens is 2. The Bertz CT molecular complexity index is 625. The molecule has 0 saturated heterocycles. The molecular weight excluding hydrogens is 273 g/mol. The van der Waals surface area contributed by atoms with Crippen LogP contribution in [0.1, 0.15) is 5.56 Å². The van der Waals surface area contributed by atoms with Crippen LogP contribution in [0.25, 0.3) is 0 Å². The van der Waals surface area contributed by atoms with Gasteiger partial charge < -0.3 is 5.32 Å². The van der Waals surface area contributed by atoms with Crippen molar-refractivity contribution in [2.45, 2.75) is 6.54 Å². The zero-order chi connectivity index (χ0) is 13.1. The maximum atomic E-state index is 11.8. The topological polar surface area (TPSA) is 46.9 Å². The molecule has 0 saturated carbocycles. The SMILES string of the molecule is CNc1cnn(Cc2ccc(Cl)cc2Cl)c(=O)c1. The Morgan fingerprint density at radius 3 is 2.72 bits per heavy atom. The maximum absolute atomic E-state index is 11.8. The van der Waals surface area contributed by atoms with Gasteiger partial charge >= 0.3 is 0 Å². The standard InChI is InChI=1S/C12H11Cl2N3O/c1-15-10-5-12(18)17(16-6-10)7-8-2-3-9(13)4-11(8)14/h2-6,15H,7H2,1H3. The lowest BCUT2D eigenvalue weighted by atomic mass is 10.2. The summed E-state index contributed by atoms with van der Waals surface area (Å²) in [5.74, 6) is 0. The van der Waals surface area contributed by atoms with E-state index in [9.17, 15) is 4.79 Å². The molecule has 18 heavy (non-hydrogen) atoms. The predicted octanol–water partition coefficient (Wildman–Crippen LogP) is 2.64. The third kappa shape index (κ3) is 2.83. The van der Waals surface area contributed by atoms with Gasteiger partial charge in [-0.05, 0) is 17.7 Å². The molecule has 1 aromatic heterocycles. The first kappa shape index (κ1) is 12.9. The van der Waals surface area contributed by atoms with Crippen LogP contribution in [0, 0.1) is 0 Å². The summed E-state index contributed by atoms with van der Waals surface area (Å²) in [7, 11) is 1.73. The zero-order valence-corrected chi connectivity index (χ0v) is 11.2. The molecule has 2 rings (SSSR count). The number of rotatable bonds is 3. The largest absolute Gasteiger partial charge is 0.387 e. The molecule has 0 spiro atoms. The van der Waals surface area contributed by atoms with Gasteiger partial charge in [-0.1, -0.05) is 29.3 Å². The smallest absolute Gasteiger partial charge is 0.269 e. The van der Waals surface area contributed by atoms with E-state index in [1.165, 1.54) is 10.7 Å². The summed E-state index contributed by atoms with van der Waals surface area (Å²) in [5, 5.41) is 8.00. The monoisotopic (exact) mass is 283 g/mol. The lowest BCUT2D eigenvalue weighted by Crippen LogP contribution is -2.22. The third-order valence-electron chi connectivity index (χ3n) is 2.49. The van der Waals surface area contributed by atoms with Crippen molar-refractivity contribution in [2.24, 2.45) is 0 Å². The Morgan fingerprint density at radius 2 is 2.11 bits per heavy atom. The molecule has 0 unspecified atom stereocenters. The first-order valence-electron chi connectivity index (χ1n) is 5.29. The fourth-order valence-corrected chi connectivity index (χ4v) is 1.97. The Morgan fingerprint density at radius 1 is 1.33 bits per heavy atom. The fraction of sp³-hybridized carbons (Fsp3) is 0.167. The molecule has 0 atom stereocenters. The molecule has 94 valence electrons. The van der Waals surface area contributed by atoms with Gasteiger partial charge in [-0.15, -0.1) is 0 Å². The average molecular weight is 284 g/mol. The van der Waals surface area contributed by atoms with Crippen molar-refractivity contribution >= 4 is 28.9 Å². The normalized spacial score (nSPS) is 10.4. The molecule has 0 bridgehead atoms. The van der Waals surface area contributed by atoms with Crippen molar-refractivity contribution in [3.8, 4) is 0 Å². The van der Waals surface area contributed by atoms with Crippen molar-refractivity contribution in [1.29, 1.82) is 0 Å². The van der Waals surface area contributed by atoms with Gasteiger partial charge in [0.2, 0.25) is 0 Å². The summed E-state index contributed by atoms with van der Waals surface area (Å²) < 4.78 is 1.34. The van der Waals surface area contributed by atoms with E-state index in [0.29, 0.717) is 22.3 Å². The predicted molar refractivity (Wildman–Crippen MR) is 73.6 cm³/mol. The maximum Gasteiger partial charge on any atom is 0.269 e. The summed E-state index contributed by atoms with van der Waals surface area (Å²) in [6.45, 7) is 0.318. The van der Waals surface area contributed by atoms with Crippen LogP contribution < -0.4 is 10.9 Å². The first-order chi connectivity index (χ1) is 8.60. The minimum Gasteiger partial charge on any atom is -0.387 e. The van der Waals surface area contributed by atoms with Gasteiger partial charge in [-0.25, -0.2) is 4.68 Å². The molecule has 4 nitrogen and oxygen atoms in total. The zero-order valence-electron chi connectivity index (χ0n) is 9.65. The number of nitrogens with zero attached hydrogens (tertiary/aromatic N) is 2. The highest BCUT2D eigenvalue weighted by Crippen LogP contribution is 2.21. The first-order valence-corrected chi connectivity index (χ1v) is 6.04. The van der Waals surface area contributed by atoms with E-state index in [-0.39, 0.29) is 5.56 Å². The lowest BCUT2D eigenvalue weighted by Gasteiger charge is -2.07. The molecule has 2 aromatic rings. The molecule has 0 amide bonds. The van der Waals surface area contributed by atoms with Crippen LogP contribution in [0.4, 0.5) is 5.69 Å². The highest BCUT2D eigenvalue weighted by Gasteiger charge is 2.05. The molecule has 0 radical (unpaired) electrons. The molecule has 0 fully saturated rings. The summed E-state index contributed by atoms with van der Waals surface area (Å²) in [6, 6.07) is 6.64. The Balaban J connectivity index is 2.31. The molecule has 0 aliphatic rings. The Labute approximate surface area is 114 Å². The van der Waals surface area contributed by atoms with Crippen LogP contribution in [-0.2, 0) is 6.54 Å². The van der Waals surface area contributed by atoms with Crippen LogP contribution in [-0.4, -0.2) is 16.8 Å². The quantitative estimate of drug-likeness (QED) is 0.942. The molecule has 0 aliphatic carbocycles. The number of benzene rings is 1. The van der Waals surface area contributed by atoms with Gasteiger partial charge in [0.15, 0.2) is 0 Å². The van der Waals surface area contributed by atoms with E-state index in [1.807, 2.05) is 0 Å². The minimum absolute atomic E-state index is 0.187. The molecule has 1 aromatic carbocycles. The Kier molecular flexibility index (Phi) is 3.89. The molecule has 0 aliphatic heterocycles. The van der Waals surface area contributed by atoms with E-state index < -0.39 is 0 Å². The Hall–Kier alpha value is -1.52. The van der Waals surface area contributed by atoms with Crippen LogP contribution in [0.15, 0.2) is 35.3 Å². The van der Waals surface area contributed by atoms with Crippen LogP contribution in [0.2, 0.25) is 10.0 Å². The van der Waals surface area contributed by atoms with Crippen LogP contribution >= 0.6 is 23.2 Å². The second-order valence-corrected chi connectivity index (χ2v) is 4.57. The number of nitrogens with one attached hydrogen (secondary N) is 1. The van der Waals surface area contributed by atoms with Gasteiger partial charge in [0.1, 0.15) is 0 Å². The lowest BCUT2D eigenvalue weighted by molar-refractivity contribution is 0.640. The van der Waals surface area contributed by atoms with Gasteiger partial charge in [0.05, 0.1) is 18.4 Å². The van der Waals surface area contributed by atoms with Gasteiger partial charge in [-0.3, -0.25) is 4.79 Å². The van der Waals surface area contributed by atoms with E-state index in [0.717, 1.165) is 5.56 Å². The molecule has 6 heteroatoms. The summed E-state index contributed by atoms with van der Waals surface area (Å²) >= 11 is 11.9. The fourth-order valence-electron chi connectivity index (χ4n) is 1.50. The van der Waals surface area contributed by atoms with E-state index in [1.54, 1.807) is 31.4 Å². The van der Waals surface area contributed by atoms with E-state index in [4.69, 9.17) is 23.2 Å². The van der Waals surface area contributed by atoms with E-state index >= 15 is 0 Å². The van der Waals surface area contributed by atoms with Gasteiger partial charge in [0, 0.05) is 23.2 Å².